The fourth-order valence-corrected chi connectivity index (χ4v) is 1.96. The van der Waals surface area contributed by atoms with Gasteiger partial charge in [-0.2, -0.15) is 0 Å². The second-order valence-electron chi connectivity index (χ2n) is 5.03. The van der Waals surface area contributed by atoms with Gasteiger partial charge in [-0.1, -0.05) is 12.1 Å². The van der Waals surface area contributed by atoms with Crippen LogP contribution in [-0.2, 0) is 14.3 Å². The van der Waals surface area contributed by atoms with Gasteiger partial charge >= 0.3 is 5.97 Å². The summed E-state index contributed by atoms with van der Waals surface area (Å²) < 4.78 is 33.3. The molecule has 0 radical (unpaired) electrons. The molecule has 1 amide bonds. The van der Waals surface area contributed by atoms with Gasteiger partial charge in [0.05, 0.1) is 14.2 Å². The van der Waals surface area contributed by atoms with Gasteiger partial charge in [-0.3, -0.25) is 4.79 Å². The maximum Gasteiger partial charge on any atom is 0.344 e. The van der Waals surface area contributed by atoms with Gasteiger partial charge in [0, 0.05) is 23.9 Å². The molecule has 0 unspecified atom stereocenters. The van der Waals surface area contributed by atoms with Crippen LogP contribution >= 0.6 is 0 Å². The van der Waals surface area contributed by atoms with E-state index in [9.17, 15) is 14.0 Å². The first kappa shape index (κ1) is 19.0. The first-order chi connectivity index (χ1) is 12.5. The minimum Gasteiger partial charge on any atom is -0.497 e. The molecule has 2 aromatic rings. The highest BCUT2D eigenvalue weighted by Gasteiger charge is 2.11. The molecule has 0 heterocycles. The lowest BCUT2D eigenvalue weighted by Crippen LogP contribution is -2.23. The van der Waals surface area contributed by atoms with Crippen LogP contribution in [0.15, 0.2) is 42.5 Å². The maximum absolute atomic E-state index is 13.4. The summed E-state index contributed by atoms with van der Waals surface area (Å²) in [7, 11) is 2.97. The van der Waals surface area contributed by atoms with E-state index in [0.29, 0.717) is 17.2 Å². The van der Waals surface area contributed by atoms with Gasteiger partial charge in [-0.05, 0) is 12.1 Å². The van der Waals surface area contributed by atoms with E-state index in [2.05, 4.69) is 5.32 Å². The summed E-state index contributed by atoms with van der Waals surface area (Å²) in [6.07, 6.45) is 0. The normalized spacial score (nSPS) is 9.96. The van der Waals surface area contributed by atoms with Crippen molar-refractivity contribution in [3.63, 3.8) is 0 Å². The van der Waals surface area contributed by atoms with Crippen LogP contribution in [0, 0.1) is 5.82 Å². The van der Waals surface area contributed by atoms with Crippen molar-refractivity contribution in [1.29, 1.82) is 0 Å². The zero-order chi connectivity index (χ0) is 18.9. The van der Waals surface area contributed by atoms with Gasteiger partial charge in [0.25, 0.3) is 5.91 Å². The average Bonchev–Trinajstić information content (AvgIpc) is 2.65. The second kappa shape index (κ2) is 9.26. The van der Waals surface area contributed by atoms with Crippen molar-refractivity contribution in [3.05, 3.63) is 48.3 Å². The zero-order valence-electron chi connectivity index (χ0n) is 14.3. The Bertz CT molecular complexity index is 758. The number of nitrogens with one attached hydrogen (secondary N) is 1. The zero-order valence-corrected chi connectivity index (χ0v) is 14.3. The molecule has 2 aromatic carbocycles. The van der Waals surface area contributed by atoms with Crippen molar-refractivity contribution in [2.45, 2.75) is 0 Å². The molecular weight excluding hydrogens is 345 g/mol. The van der Waals surface area contributed by atoms with Crippen molar-refractivity contribution in [1.82, 2.24) is 0 Å². The molecule has 0 bridgehead atoms. The van der Waals surface area contributed by atoms with E-state index in [0.717, 1.165) is 0 Å². The predicted octanol–water partition coefficient (Wildman–Crippen LogP) is 2.40. The quantitative estimate of drug-likeness (QED) is 0.725. The number of anilines is 1. The largest absolute Gasteiger partial charge is 0.497 e. The van der Waals surface area contributed by atoms with Gasteiger partial charge in [-0.25, -0.2) is 9.18 Å². The number of methoxy groups -OCH3 is 2. The number of esters is 1. The summed E-state index contributed by atoms with van der Waals surface area (Å²) in [4.78, 5) is 23.5. The van der Waals surface area contributed by atoms with Gasteiger partial charge in [0.1, 0.15) is 11.5 Å². The number of carbonyl (C=O) groups is 2. The Kier molecular flexibility index (Phi) is 6.78. The third kappa shape index (κ3) is 5.66. The third-order valence-electron chi connectivity index (χ3n) is 3.18. The molecule has 138 valence electrons. The van der Waals surface area contributed by atoms with E-state index < -0.39 is 30.9 Å². The second-order valence-corrected chi connectivity index (χ2v) is 5.03. The Hall–Kier alpha value is -3.29. The number of benzene rings is 2. The Balaban J connectivity index is 1.81. The van der Waals surface area contributed by atoms with E-state index >= 15 is 0 Å². The number of hydrogen-bond acceptors (Lipinski definition) is 6. The summed E-state index contributed by atoms with van der Waals surface area (Å²) in [5.74, 6) is -1.03. The van der Waals surface area contributed by atoms with Crippen molar-refractivity contribution < 1.29 is 32.9 Å². The molecule has 0 aliphatic rings. The molecule has 8 heteroatoms. The fraction of sp³-hybridized carbons (Fsp3) is 0.222. The van der Waals surface area contributed by atoms with E-state index in [1.54, 1.807) is 24.3 Å². The number of ether oxygens (including phenoxy) is 4. The topological polar surface area (TPSA) is 83.1 Å². The summed E-state index contributed by atoms with van der Waals surface area (Å²) in [6.45, 7) is -1.03. The monoisotopic (exact) mass is 363 g/mol. The van der Waals surface area contributed by atoms with E-state index in [1.165, 1.54) is 32.4 Å². The highest BCUT2D eigenvalue weighted by Crippen LogP contribution is 2.25. The van der Waals surface area contributed by atoms with Crippen molar-refractivity contribution in [3.8, 4) is 17.2 Å². The van der Waals surface area contributed by atoms with Crippen LogP contribution in [-0.4, -0.2) is 39.3 Å². The number of carbonyl (C=O) groups excluding carboxylic acids is 2. The molecule has 0 saturated heterocycles. The summed E-state index contributed by atoms with van der Waals surface area (Å²) in [5, 5.41) is 2.55. The van der Waals surface area contributed by atoms with Crippen molar-refractivity contribution in [2.75, 3.05) is 32.8 Å². The van der Waals surface area contributed by atoms with Crippen LogP contribution in [0.5, 0.6) is 17.2 Å². The molecule has 1 N–H and O–H groups in total. The molecule has 0 saturated carbocycles. The molecule has 0 atom stereocenters. The number of rotatable bonds is 8. The van der Waals surface area contributed by atoms with Crippen LogP contribution in [0.4, 0.5) is 10.1 Å². The Morgan fingerprint density at radius 2 is 1.65 bits per heavy atom. The standard InChI is InChI=1S/C18H18FNO6/c1-23-13-7-12(8-14(9-13)24-2)20-17(21)10-26-18(22)11-25-16-6-4-3-5-15(16)19/h3-9H,10-11H2,1-2H3,(H,20,21). The van der Waals surface area contributed by atoms with Crippen LogP contribution < -0.4 is 19.5 Å². The highest BCUT2D eigenvalue weighted by atomic mass is 19.1. The molecule has 7 nitrogen and oxygen atoms in total. The predicted molar refractivity (Wildman–Crippen MR) is 91.0 cm³/mol. The number of amides is 1. The third-order valence-corrected chi connectivity index (χ3v) is 3.18. The lowest BCUT2D eigenvalue weighted by Gasteiger charge is -2.10. The van der Waals surface area contributed by atoms with E-state index in [4.69, 9.17) is 18.9 Å². The van der Waals surface area contributed by atoms with Crippen LogP contribution in [0.2, 0.25) is 0 Å². The molecule has 0 aromatic heterocycles. The molecule has 26 heavy (non-hydrogen) atoms. The minimum absolute atomic E-state index is 0.0719. The summed E-state index contributed by atoms with van der Waals surface area (Å²) in [5.41, 5.74) is 0.421. The lowest BCUT2D eigenvalue weighted by molar-refractivity contribution is -0.149. The van der Waals surface area contributed by atoms with Crippen LogP contribution in [0.3, 0.4) is 0 Å². The van der Waals surface area contributed by atoms with Crippen LogP contribution in [0.1, 0.15) is 0 Å². The molecule has 2 rings (SSSR count). The molecule has 0 fully saturated rings. The minimum atomic E-state index is -0.799. The first-order valence-corrected chi connectivity index (χ1v) is 7.57. The Morgan fingerprint density at radius 3 is 2.27 bits per heavy atom. The number of para-hydroxylation sites is 1. The highest BCUT2D eigenvalue weighted by molar-refractivity contribution is 5.93. The SMILES string of the molecule is COc1cc(NC(=O)COC(=O)COc2ccccc2F)cc(OC)c1. The summed E-state index contributed by atoms with van der Waals surface area (Å²) in [6, 6.07) is 10.5. The molecular formula is C18H18FNO6. The average molecular weight is 363 g/mol. The number of hydrogen-bond donors (Lipinski definition) is 1. The number of halogens is 1. The van der Waals surface area contributed by atoms with Gasteiger partial charge in [0.2, 0.25) is 0 Å². The Labute approximate surface area is 149 Å². The van der Waals surface area contributed by atoms with Gasteiger partial charge < -0.3 is 24.3 Å². The fourth-order valence-electron chi connectivity index (χ4n) is 1.96. The molecule has 0 aliphatic heterocycles. The summed E-state index contributed by atoms with van der Waals surface area (Å²) >= 11 is 0. The van der Waals surface area contributed by atoms with Crippen molar-refractivity contribution in [2.24, 2.45) is 0 Å². The molecule has 0 aliphatic carbocycles. The first-order valence-electron chi connectivity index (χ1n) is 7.57. The van der Waals surface area contributed by atoms with E-state index in [-0.39, 0.29) is 5.75 Å². The van der Waals surface area contributed by atoms with Gasteiger partial charge in [0.15, 0.2) is 24.8 Å². The maximum atomic E-state index is 13.4. The van der Waals surface area contributed by atoms with Gasteiger partial charge in [-0.15, -0.1) is 0 Å². The van der Waals surface area contributed by atoms with E-state index in [1.807, 2.05) is 0 Å². The van der Waals surface area contributed by atoms with Crippen LogP contribution in [0.25, 0.3) is 0 Å². The lowest BCUT2D eigenvalue weighted by atomic mass is 10.2. The smallest absolute Gasteiger partial charge is 0.344 e. The molecule has 0 spiro atoms. The Morgan fingerprint density at radius 1 is 1.00 bits per heavy atom. The van der Waals surface area contributed by atoms with Crippen molar-refractivity contribution >= 4 is 17.6 Å².